The van der Waals surface area contributed by atoms with Crippen LogP contribution < -0.4 is 0 Å². The third kappa shape index (κ3) is 2.85. The summed E-state index contributed by atoms with van der Waals surface area (Å²) in [7, 11) is 0. The fourth-order valence-electron chi connectivity index (χ4n) is 1.65. The van der Waals surface area contributed by atoms with E-state index in [2.05, 4.69) is 6.58 Å². The molecule has 0 aliphatic carbocycles. The number of rotatable bonds is 4. The highest BCUT2D eigenvalue weighted by Crippen LogP contribution is 2.14. The topological polar surface area (TPSA) is 34.1 Å². The molecule has 100 valence electrons. The number of hydrogen-bond donors (Lipinski definition) is 0. The van der Waals surface area contributed by atoms with Crippen molar-refractivity contribution >= 4 is 11.6 Å². The van der Waals surface area contributed by atoms with Crippen LogP contribution in [0.25, 0.3) is 0 Å². The van der Waals surface area contributed by atoms with Crippen LogP contribution in [0.3, 0.4) is 0 Å². The molecule has 0 atom stereocenters. The van der Waals surface area contributed by atoms with E-state index in [1.165, 1.54) is 24.3 Å². The van der Waals surface area contributed by atoms with Gasteiger partial charge in [-0.3, -0.25) is 9.59 Å². The Kier molecular flexibility index (Phi) is 3.84. The normalized spacial score (nSPS) is 10.1. The van der Waals surface area contributed by atoms with Crippen molar-refractivity contribution < 1.29 is 18.4 Å². The molecule has 0 aliphatic heterocycles. The van der Waals surface area contributed by atoms with E-state index in [0.717, 1.165) is 24.3 Å². The number of carbonyl (C=O) groups is 2. The maximum absolute atomic E-state index is 12.8. The summed E-state index contributed by atoms with van der Waals surface area (Å²) in [6.45, 7) is 3.47. The molecule has 2 aromatic rings. The maximum Gasteiger partial charge on any atom is 0.196 e. The van der Waals surface area contributed by atoms with Gasteiger partial charge in [0, 0.05) is 11.1 Å². The number of allylic oxidation sites excluding steroid dienone is 1. The molecule has 20 heavy (non-hydrogen) atoms. The van der Waals surface area contributed by atoms with Crippen LogP contribution in [0.4, 0.5) is 8.78 Å². The average Bonchev–Trinajstić information content (AvgIpc) is 2.46. The van der Waals surface area contributed by atoms with Crippen LogP contribution in [0.2, 0.25) is 0 Å². The van der Waals surface area contributed by atoms with Gasteiger partial charge in [-0.25, -0.2) is 8.78 Å². The monoisotopic (exact) mass is 272 g/mol. The van der Waals surface area contributed by atoms with Crippen LogP contribution in [0.1, 0.15) is 20.7 Å². The lowest BCUT2D eigenvalue weighted by Gasteiger charge is -2.04. The van der Waals surface area contributed by atoms with E-state index in [1.54, 1.807) is 0 Å². The Morgan fingerprint density at radius 2 is 1.00 bits per heavy atom. The van der Waals surface area contributed by atoms with Gasteiger partial charge in [0.05, 0.1) is 5.57 Å². The lowest BCUT2D eigenvalue weighted by Crippen LogP contribution is -2.12. The second-order valence-electron chi connectivity index (χ2n) is 4.15. The zero-order chi connectivity index (χ0) is 14.7. The summed E-state index contributed by atoms with van der Waals surface area (Å²) in [6, 6.07) is 9.63. The van der Waals surface area contributed by atoms with E-state index in [9.17, 15) is 18.4 Å². The van der Waals surface area contributed by atoms with E-state index in [4.69, 9.17) is 0 Å². The predicted octanol–water partition coefficient (Wildman–Crippen LogP) is 3.59. The molecule has 0 fully saturated rings. The lowest BCUT2D eigenvalue weighted by molar-refractivity contribution is 0.0963. The quantitative estimate of drug-likeness (QED) is 0.369. The van der Waals surface area contributed by atoms with Crippen molar-refractivity contribution in [3.8, 4) is 0 Å². The number of halogens is 2. The highest BCUT2D eigenvalue weighted by Gasteiger charge is 2.19. The van der Waals surface area contributed by atoms with Gasteiger partial charge in [-0.2, -0.15) is 0 Å². The molecule has 0 radical (unpaired) electrons. The summed E-state index contributed by atoms with van der Waals surface area (Å²) in [6.07, 6.45) is 0. The zero-order valence-corrected chi connectivity index (χ0v) is 10.4. The molecule has 4 heteroatoms. The van der Waals surface area contributed by atoms with Gasteiger partial charge in [0.2, 0.25) is 0 Å². The molecule has 2 aromatic carbocycles. The van der Waals surface area contributed by atoms with Gasteiger partial charge in [0.1, 0.15) is 11.6 Å². The van der Waals surface area contributed by atoms with Gasteiger partial charge >= 0.3 is 0 Å². The molecule has 0 saturated heterocycles. The Morgan fingerprint density at radius 1 is 0.700 bits per heavy atom. The van der Waals surface area contributed by atoms with Crippen LogP contribution in [-0.2, 0) is 0 Å². The summed E-state index contributed by atoms with van der Waals surface area (Å²) in [4.78, 5) is 24.0. The first kappa shape index (κ1) is 13.8. The van der Waals surface area contributed by atoms with Gasteiger partial charge in [0.25, 0.3) is 0 Å². The van der Waals surface area contributed by atoms with Crippen molar-refractivity contribution in [1.82, 2.24) is 0 Å². The molecule has 2 nitrogen and oxygen atoms in total. The van der Waals surface area contributed by atoms with Gasteiger partial charge < -0.3 is 0 Å². The standard InChI is InChI=1S/C16H10F2O2/c1-10(15(19)11-2-6-13(17)7-3-11)16(20)12-4-8-14(18)9-5-12/h2-9H,1H2. The van der Waals surface area contributed by atoms with Crippen LogP contribution in [0.5, 0.6) is 0 Å². The summed E-state index contributed by atoms with van der Waals surface area (Å²) < 4.78 is 25.6. The van der Waals surface area contributed by atoms with E-state index < -0.39 is 23.2 Å². The molecule has 2 rings (SSSR count). The molecule has 0 saturated carbocycles. The molecule has 0 unspecified atom stereocenters. The van der Waals surface area contributed by atoms with Crippen molar-refractivity contribution in [1.29, 1.82) is 0 Å². The fourth-order valence-corrected chi connectivity index (χ4v) is 1.65. The minimum absolute atomic E-state index is 0.173. The Balaban J connectivity index is 2.22. The van der Waals surface area contributed by atoms with Gasteiger partial charge in [0.15, 0.2) is 11.6 Å². The number of carbonyl (C=O) groups excluding carboxylic acids is 2. The van der Waals surface area contributed by atoms with E-state index in [0.29, 0.717) is 0 Å². The van der Waals surface area contributed by atoms with Crippen LogP contribution in [0.15, 0.2) is 60.7 Å². The van der Waals surface area contributed by atoms with Crippen molar-refractivity contribution in [3.05, 3.63) is 83.4 Å². The fraction of sp³-hybridized carbons (Fsp3) is 0. The van der Waals surface area contributed by atoms with Crippen molar-refractivity contribution in [2.24, 2.45) is 0 Å². The van der Waals surface area contributed by atoms with Gasteiger partial charge in [-0.05, 0) is 48.5 Å². The summed E-state index contributed by atoms with van der Waals surface area (Å²) in [5, 5.41) is 0. The van der Waals surface area contributed by atoms with Crippen molar-refractivity contribution in [2.75, 3.05) is 0 Å². The molecule has 0 aromatic heterocycles. The first-order chi connectivity index (χ1) is 9.49. The third-order valence-electron chi connectivity index (χ3n) is 2.76. The number of hydrogen-bond acceptors (Lipinski definition) is 2. The Morgan fingerprint density at radius 3 is 1.30 bits per heavy atom. The van der Waals surface area contributed by atoms with Crippen molar-refractivity contribution in [2.45, 2.75) is 0 Å². The largest absolute Gasteiger partial charge is 0.288 e. The first-order valence-corrected chi connectivity index (χ1v) is 5.78. The van der Waals surface area contributed by atoms with E-state index in [-0.39, 0.29) is 16.7 Å². The second kappa shape index (κ2) is 5.57. The minimum atomic E-state index is -0.584. The smallest absolute Gasteiger partial charge is 0.196 e. The van der Waals surface area contributed by atoms with Crippen LogP contribution in [0, 0.1) is 11.6 Å². The highest BCUT2D eigenvalue weighted by atomic mass is 19.1. The molecule has 0 heterocycles. The summed E-state index contributed by atoms with van der Waals surface area (Å²) in [5.74, 6) is -2.12. The highest BCUT2D eigenvalue weighted by molar-refractivity contribution is 6.30. The molecular formula is C16H10F2O2. The molecule has 0 spiro atoms. The third-order valence-corrected chi connectivity index (χ3v) is 2.76. The van der Waals surface area contributed by atoms with E-state index in [1.807, 2.05) is 0 Å². The number of benzene rings is 2. The molecule has 0 amide bonds. The first-order valence-electron chi connectivity index (χ1n) is 5.78. The molecule has 0 bridgehead atoms. The van der Waals surface area contributed by atoms with Crippen molar-refractivity contribution in [3.63, 3.8) is 0 Å². The zero-order valence-electron chi connectivity index (χ0n) is 10.4. The minimum Gasteiger partial charge on any atom is -0.288 e. The number of Topliss-reactive ketones (excluding diaryl/α,β-unsaturated/α-hetero) is 2. The second-order valence-corrected chi connectivity index (χ2v) is 4.15. The lowest BCUT2D eigenvalue weighted by atomic mass is 9.97. The van der Waals surface area contributed by atoms with Gasteiger partial charge in [-0.1, -0.05) is 6.58 Å². The Bertz CT molecular complexity index is 611. The average molecular weight is 272 g/mol. The van der Waals surface area contributed by atoms with Gasteiger partial charge in [-0.15, -0.1) is 0 Å². The van der Waals surface area contributed by atoms with Crippen LogP contribution >= 0.6 is 0 Å². The molecular weight excluding hydrogens is 262 g/mol. The molecule has 0 aliphatic rings. The summed E-state index contributed by atoms with van der Waals surface area (Å²) in [5.41, 5.74) is 0.0990. The van der Waals surface area contributed by atoms with Crippen LogP contribution in [-0.4, -0.2) is 11.6 Å². The summed E-state index contributed by atoms with van der Waals surface area (Å²) >= 11 is 0. The van der Waals surface area contributed by atoms with E-state index >= 15 is 0 Å². The number of ketones is 2. The SMILES string of the molecule is C=C(C(=O)c1ccc(F)cc1)C(=O)c1ccc(F)cc1. The maximum atomic E-state index is 12.8. The molecule has 0 N–H and O–H groups in total. The predicted molar refractivity (Wildman–Crippen MR) is 70.6 cm³/mol. The Hall–Kier alpha value is -2.62. The Labute approximate surface area is 114 Å².